The van der Waals surface area contributed by atoms with E-state index in [0.717, 1.165) is 15.7 Å². The second-order valence-electron chi connectivity index (χ2n) is 3.98. The van der Waals surface area contributed by atoms with Gasteiger partial charge in [0, 0.05) is 22.8 Å². The van der Waals surface area contributed by atoms with Crippen LogP contribution in [0.5, 0.6) is 11.5 Å². The lowest BCUT2D eigenvalue weighted by Crippen LogP contribution is -2.00. The molecule has 3 nitrogen and oxygen atoms in total. The second kappa shape index (κ2) is 5.93. The molecule has 0 heterocycles. The average molecular weight is 326 g/mol. The zero-order chi connectivity index (χ0) is 13.8. The molecule has 2 rings (SSSR count). The third-order valence-corrected chi connectivity index (χ3v) is 3.44. The van der Waals surface area contributed by atoms with E-state index in [9.17, 15) is 9.50 Å². The van der Waals surface area contributed by atoms with E-state index in [2.05, 4.69) is 21.2 Å². The van der Waals surface area contributed by atoms with E-state index in [-0.39, 0.29) is 11.6 Å². The summed E-state index contributed by atoms with van der Waals surface area (Å²) in [7, 11) is 1.49. The summed E-state index contributed by atoms with van der Waals surface area (Å²) in [6.45, 7) is 0.449. The van der Waals surface area contributed by atoms with E-state index < -0.39 is 0 Å². The van der Waals surface area contributed by atoms with Crippen LogP contribution in [0.25, 0.3) is 0 Å². The predicted octanol–water partition coefficient (Wildman–Crippen LogP) is 3.91. The number of benzene rings is 2. The van der Waals surface area contributed by atoms with Crippen molar-refractivity contribution in [3.05, 3.63) is 52.3 Å². The normalized spacial score (nSPS) is 10.3. The molecule has 0 unspecified atom stereocenters. The molecule has 0 amide bonds. The fraction of sp³-hybridized carbons (Fsp3) is 0.143. The van der Waals surface area contributed by atoms with Crippen molar-refractivity contribution in [1.29, 1.82) is 0 Å². The van der Waals surface area contributed by atoms with Gasteiger partial charge in [-0.2, -0.15) is 0 Å². The Labute approximate surface area is 119 Å². The summed E-state index contributed by atoms with van der Waals surface area (Å²) in [5.74, 6) is 0.195. The summed E-state index contributed by atoms with van der Waals surface area (Å²) in [6, 6.07) is 9.53. The number of hydrogen-bond donors (Lipinski definition) is 2. The Kier molecular flexibility index (Phi) is 4.27. The molecule has 0 atom stereocenters. The van der Waals surface area contributed by atoms with E-state index in [1.54, 1.807) is 24.3 Å². The van der Waals surface area contributed by atoms with Gasteiger partial charge in [0.2, 0.25) is 0 Å². The van der Waals surface area contributed by atoms with Gasteiger partial charge in [0.1, 0.15) is 5.82 Å². The zero-order valence-electron chi connectivity index (χ0n) is 10.3. The van der Waals surface area contributed by atoms with Crippen LogP contribution in [0.15, 0.2) is 40.9 Å². The molecule has 0 radical (unpaired) electrons. The summed E-state index contributed by atoms with van der Waals surface area (Å²) in [6.07, 6.45) is 0. The van der Waals surface area contributed by atoms with Crippen LogP contribution in [0.3, 0.4) is 0 Å². The summed E-state index contributed by atoms with van der Waals surface area (Å²) < 4.78 is 18.9. The topological polar surface area (TPSA) is 41.5 Å². The van der Waals surface area contributed by atoms with Crippen LogP contribution in [0.4, 0.5) is 10.1 Å². The molecule has 0 bridgehead atoms. The van der Waals surface area contributed by atoms with Crippen molar-refractivity contribution in [2.45, 2.75) is 6.54 Å². The lowest BCUT2D eigenvalue weighted by Gasteiger charge is -2.10. The fourth-order valence-corrected chi connectivity index (χ4v) is 2.06. The Hall–Kier alpha value is -1.75. The van der Waals surface area contributed by atoms with Crippen molar-refractivity contribution in [1.82, 2.24) is 0 Å². The quantitative estimate of drug-likeness (QED) is 0.895. The molecule has 5 heteroatoms. The van der Waals surface area contributed by atoms with Gasteiger partial charge in [0.15, 0.2) is 11.5 Å². The molecule has 0 aromatic heterocycles. The number of phenolic OH excluding ortho intramolecular Hbond substituents is 1. The van der Waals surface area contributed by atoms with Crippen molar-refractivity contribution >= 4 is 21.6 Å². The number of rotatable bonds is 4. The maximum absolute atomic E-state index is 13.1. The number of methoxy groups -OCH3 is 1. The monoisotopic (exact) mass is 325 g/mol. The minimum atomic E-state index is -0.280. The molecule has 2 aromatic carbocycles. The number of hydrogen-bond acceptors (Lipinski definition) is 3. The number of phenols is 1. The number of ether oxygens (including phenoxy) is 1. The highest BCUT2D eigenvalue weighted by Gasteiger charge is 2.04. The van der Waals surface area contributed by atoms with Gasteiger partial charge in [0.25, 0.3) is 0 Å². The molecule has 0 aliphatic carbocycles. The third-order valence-electron chi connectivity index (χ3n) is 2.67. The van der Waals surface area contributed by atoms with Crippen LogP contribution < -0.4 is 10.1 Å². The first-order valence-corrected chi connectivity index (χ1v) is 6.44. The van der Waals surface area contributed by atoms with Crippen LogP contribution in [-0.4, -0.2) is 12.2 Å². The number of anilines is 1. The third kappa shape index (κ3) is 3.38. The Morgan fingerprint density at radius 1 is 1.26 bits per heavy atom. The molecule has 0 aliphatic heterocycles. The van der Waals surface area contributed by atoms with E-state index in [1.807, 2.05) is 0 Å². The molecule has 0 aliphatic rings. The zero-order valence-corrected chi connectivity index (χ0v) is 11.9. The Morgan fingerprint density at radius 2 is 2.05 bits per heavy atom. The largest absolute Gasteiger partial charge is 0.504 e. The highest BCUT2D eigenvalue weighted by molar-refractivity contribution is 9.10. The average Bonchev–Trinajstić information content (AvgIpc) is 2.40. The Morgan fingerprint density at radius 3 is 2.74 bits per heavy atom. The Bertz CT molecular complexity index is 590. The van der Waals surface area contributed by atoms with E-state index in [1.165, 1.54) is 19.2 Å². The Balaban J connectivity index is 2.10. The maximum Gasteiger partial charge on any atom is 0.160 e. The highest BCUT2D eigenvalue weighted by atomic mass is 79.9. The molecule has 0 saturated carbocycles. The second-order valence-corrected chi connectivity index (χ2v) is 4.83. The molecule has 100 valence electrons. The van der Waals surface area contributed by atoms with E-state index in [0.29, 0.717) is 12.3 Å². The van der Waals surface area contributed by atoms with Gasteiger partial charge in [0.05, 0.1) is 7.11 Å². The van der Waals surface area contributed by atoms with Crippen molar-refractivity contribution in [3.63, 3.8) is 0 Å². The number of aromatic hydroxyl groups is 1. The van der Waals surface area contributed by atoms with Crippen LogP contribution in [-0.2, 0) is 6.54 Å². The SMILES string of the molecule is COc1ccc(NCc2cc(F)ccc2Br)cc1O. The first-order chi connectivity index (χ1) is 9.10. The summed E-state index contributed by atoms with van der Waals surface area (Å²) in [4.78, 5) is 0. The summed E-state index contributed by atoms with van der Waals surface area (Å²) in [5.41, 5.74) is 1.53. The summed E-state index contributed by atoms with van der Waals surface area (Å²) in [5, 5.41) is 12.8. The maximum atomic E-state index is 13.1. The first-order valence-electron chi connectivity index (χ1n) is 5.65. The molecule has 0 saturated heterocycles. The molecular formula is C14H13BrFNO2. The van der Waals surface area contributed by atoms with Crippen molar-refractivity contribution in [3.8, 4) is 11.5 Å². The van der Waals surface area contributed by atoms with Crippen LogP contribution in [0.2, 0.25) is 0 Å². The van der Waals surface area contributed by atoms with E-state index >= 15 is 0 Å². The fourth-order valence-electron chi connectivity index (χ4n) is 1.68. The van der Waals surface area contributed by atoms with Crippen molar-refractivity contribution in [2.75, 3.05) is 12.4 Å². The predicted molar refractivity (Wildman–Crippen MR) is 76.1 cm³/mol. The van der Waals surface area contributed by atoms with Gasteiger partial charge in [-0.25, -0.2) is 4.39 Å². The van der Waals surface area contributed by atoms with Crippen LogP contribution >= 0.6 is 15.9 Å². The van der Waals surface area contributed by atoms with Gasteiger partial charge in [-0.3, -0.25) is 0 Å². The molecule has 0 fully saturated rings. The number of nitrogens with one attached hydrogen (secondary N) is 1. The molecular weight excluding hydrogens is 313 g/mol. The molecule has 0 spiro atoms. The van der Waals surface area contributed by atoms with Crippen molar-refractivity contribution < 1.29 is 14.2 Å². The lowest BCUT2D eigenvalue weighted by molar-refractivity contribution is 0.373. The van der Waals surface area contributed by atoms with Gasteiger partial charge >= 0.3 is 0 Å². The van der Waals surface area contributed by atoms with Gasteiger partial charge in [-0.05, 0) is 35.9 Å². The van der Waals surface area contributed by atoms with Gasteiger partial charge in [-0.1, -0.05) is 15.9 Å². The summed E-state index contributed by atoms with van der Waals surface area (Å²) >= 11 is 3.37. The minimum absolute atomic E-state index is 0.0609. The molecule has 2 aromatic rings. The first kappa shape index (κ1) is 13.7. The van der Waals surface area contributed by atoms with Gasteiger partial charge < -0.3 is 15.2 Å². The molecule has 2 N–H and O–H groups in total. The standard InChI is InChI=1S/C14H13BrFNO2/c1-19-14-5-3-11(7-13(14)18)17-8-9-6-10(16)2-4-12(9)15/h2-7,17-18H,8H2,1H3. The number of halogens is 2. The van der Waals surface area contributed by atoms with Gasteiger partial charge in [-0.15, -0.1) is 0 Å². The smallest absolute Gasteiger partial charge is 0.160 e. The van der Waals surface area contributed by atoms with E-state index in [4.69, 9.17) is 4.74 Å². The molecule has 19 heavy (non-hydrogen) atoms. The van der Waals surface area contributed by atoms with Crippen LogP contribution in [0, 0.1) is 5.82 Å². The van der Waals surface area contributed by atoms with Crippen LogP contribution in [0.1, 0.15) is 5.56 Å². The minimum Gasteiger partial charge on any atom is -0.504 e. The highest BCUT2D eigenvalue weighted by Crippen LogP contribution is 2.29. The lowest BCUT2D eigenvalue weighted by atomic mass is 10.2. The van der Waals surface area contributed by atoms with Crippen molar-refractivity contribution in [2.24, 2.45) is 0 Å².